The van der Waals surface area contributed by atoms with Crippen molar-refractivity contribution in [3.8, 4) is 0 Å². The molecule has 1 saturated heterocycles. The molecule has 3 unspecified atom stereocenters. The molecule has 31 heavy (non-hydrogen) atoms. The van der Waals surface area contributed by atoms with Gasteiger partial charge in [0.15, 0.2) is 0 Å². The van der Waals surface area contributed by atoms with E-state index in [0.29, 0.717) is 11.7 Å². The number of nitrogens with zero attached hydrogens (tertiary/aromatic N) is 4. The van der Waals surface area contributed by atoms with E-state index in [-0.39, 0.29) is 18.0 Å². The Morgan fingerprint density at radius 3 is 2.77 bits per heavy atom. The van der Waals surface area contributed by atoms with Crippen LogP contribution in [-0.4, -0.2) is 80.0 Å². The van der Waals surface area contributed by atoms with Crippen molar-refractivity contribution in [2.24, 2.45) is 10.9 Å². The number of ether oxygens (including phenoxy) is 1. The summed E-state index contributed by atoms with van der Waals surface area (Å²) in [6, 6.07) is 3.95. The summed E-state index contributed by atoms with van der Waals surface area (Å²) < 4.78 is 4.58. The Labute approximate surface area is 182 Å². The molecule has 1 fully saturated rings. The number of pyridine rings is 1. The summed E-state index contributed by atoms with van der Waals surface area (Å²) in [6.45, 7) is 6.73. The van der Waals surface area contributed by atoms with Gasteiger partial charge >= 0.3 is 6.09 Å². The molecule has 0 aliphatic carbocycles. The molecular formula is C22H30N6O3. The van der Waals surface area contributed by atoms with Gasteiger partial charge in [-0.05, 0) is 31.1 Å². The number of aliphatic imine (C=N–C) groups is 1. The van der Waals surface area contributed by atoms with E-state index in [1.807, 2.05) is 19.1 Å². The maximum absolute atomic E-state index is 12.2. The lowest BCUT2D eigenvalue weighted by molar-refractivity contribution is -0.119. The predicted molar refractivity (Wildman–Crippen MR) is 120 cm³/mol. The molecule has 0 bridgehead atoms. The highest BCUT2D eigenvalue weighted by Gasteiger charge is 2.33. The van der Waals surface area contributed by atoms with Crippen molar-refractivity contribution in [1.82, 2.24) is 15.2 Å². The van der Waals surface area contributed by atoms with Gasteiger partial charge in [-0.1, -0.05) is 6.92 Å². The molecule has 1 aromatic rings. The lowest BCUT2D eigenvalue weighted by Gasteiger charge is -2.39. The summed E-state index contributed by atoms with van der Waals surface area (Å²) >= 11 is 0. The highest BCUT2D eigenvalue weighted by molar-refractivity contribution is 5.95. The van der Waals surface area contributed by atoms with E-state index in [0.717, 1.165) is 56.8 Å². The maximum atomic E-state index is 12.2. The number of methoxy groups -OCH3 is 1. The minimum atomic E-state index is -0.527. The van der Waals surface area contributed by atoms with Crippen LogP contribution in [-0.2, 0) is 9.53 Å². The quantitative estimate of drug-likeness (QED) is 0.743. The van der Waals surface area contributed by atoms with Crippen LogP contribution in [0.3, 0.4) is 0 Å². The van der Waals surface area contributed by atoms with Gasteiger partial charge in [0, 0.05) is 50.4 Å². The average molecular weight is 427 g/mol. The number of piperazine rings is 1. The number of nitrogens with one attached hydrogen (secondary N) is 2. The van der Waals surface area contributed by atoms with Crippen molar-refractivity contribution in [3.05, 3.63) is 30.0 Å². The largest absolute Gasteiger partial charge is 0.453 e. The van der Waals surface area contributed by atoms with Gasteiger partial charge in [-0.3, -0.25) is 20.0 Å². The molecule has 166 valence electrons. The number of fused-ring (bicyclic) bond motifs is 1. The SMILES string of the molecule is CCC1=CC2N=CC(CN3CCN(c4ccc(NC(=O)OC)nc4)CC3)CC2NC1=O. The third-order valence-corrected chi connectivity index (χ3v) is 6.19. The van der Waals surface area contributed by atoms with Crippen LogP contribution in [0, 0.1) is 5.92 Å². The number of anilines is 2. The van der Waals surface area contributed by atoms with Crippen LogP contribution in [0.4, 0.5) is 16.3 Å². The van der Waals surface area contributed by atoms with Gasteiger partial charge in [0.05, 0.1) is 31.1 Å². The first kappa shape index (κ1) is 21.3. The fourth-order valence-corrected chi connectivity index (χ4v) is 4.42. The number of carbonyl (C=O) groups is 2. The summed E-state index contributed by atoms with van der Waals surface area (Å²) in [5.74, 6) is 0.893. The maximum Gasteiger partial charge on any atom is 0.412 e. The van der Waals surface area contributed by atoms with Crippen molar-refractivity contribution < 1.29 is 14.3 Å². The van der Waals surface area contributed by atoms with Crippen molar-refractivity contribution in [3.63, 3.8) is 0 Å². The zero-order valence-corrected chi connectivity index (χ0v) is 18.1. The first-order valence-electron chi connectivity index (χ1n) is 10.9. The van der Waals surface area contributed by atoms with Gasteiger partial charge in [-0.25, -0.2) is 9.78 Å². The fraction of sp³-hybridized carbons (Fsp3) is 0.545. The van der Waals surface area contributed by atoms with Crippen LogP contribution in [0.2, 0.25) is 0 Å². The molecule has 2 amide bonds. The van der Waals surface area contributed by atoms with E-state index in [1.165, 1.54) is 7.11 Å². The number of carbonyl (C=O) groups excluding carboxylic acids is 2. The van der Waals surface area contributed by atoms with Crippen LogP contribution in [0.5, 0.6) is 0 Å². The van der Waals surface area contributed by atoms with Gasteiger partial charge < -0.3 is 15.0 Å². The van der Waals surface area contributed by atoms with E-state index in [9.17, 15) is 9.59 Å². The Morgan fingerprint density at radius 1 is 1.29 bits per heavy atom. The summed E-state index contributed by atoms with van der Waals surface area (Å²) in [5, 5.41) is 5.71. The first-order valence-corrected chi connectivity index (χ1v) is 10.9. The molecule has 3 atom stereocenters. The molecule has 0 aromatic carbocycles. The van der Waals surface area contributed by atoms with Gasteiger partial charge in [0.2, 0.25) is 5.91 Å². The van der Waals surface area contributed by atoms with Gasteiger partial charge in [-0.2, -0.15) is 0 Å². The Hall–Kier alpha value is -2.94. The highest BCUT2D eigenvalue weighted by Crippen LogP contribution is 2.24. The van der Waals surface area contributed by atoms with E-state index in [1.54, 1.807) is 12.3 Å². The predicted octanol–water partition coefficient (Wildman–Crippen LogP) is 1.68. The molecule has 9 heteroatoms. The lowest BCUT2D eigenvalue weighted by Crippen LogP contribution is -2.52. The van der Waals surface area contributed by atoms with Crippen LogP contribution >= 0.6 is 0 Å². The minimum Gasteiger partial charge on any atom is -0.453 e. The molecule has 9 nitrogen and oxygen atoms in total. The van der Waals surface area contributed by atoms with Gasteiger partial charge in [-0.15, -0.1) is 0 Å². The minimum absolute atomic E-state index is 0.0645. The van der Waals surface area contributed by atoms with Gasteiger partial charge in [0.25, 0.3) is 0 Å². The molecular weight excluding hydrogens is 396 g/mol. The molecule has 4 rings (SSSR count). The Bertz CT molecular complexity index is 861. The molecule has 3 aliphatic rings. The van der Waals surface area contributed by atoms with Gasteiger partial charge in [0.1, 0.15) is 5.82 Å². The standard InChI is InChI=1S/C22H30N6O3/c1-3-16-11-18-19(25-21(16)29)10-15(12-23-18)14-27-6-8-28(9-7-27)17-4-5-20(24-13-17)26-22(30)31-2/h4-5,11-13,15,18-19H,3,6-10,14H2,1-2H3,(H,25,29)(H,24,26,30). The van der Waals surface area contributed by atoms with Crippen molar-refractivity contribution in [2.75, 3.05) is 50.1 Å². The molecule has 2 N–H and O–H groups in total. The average Bonchev–Trinajstić information content (AvgIpc) is 2.79. The monoisotopic (exact) mass is 426 g/mol. The number of rotatable bonds is 5. The highest BCUT2D eigenvalue weighted by atomic mass is 16.5. The molecule has 4 heterocycles. The third kappa shape index (κ3) is 5.04. The van der Waals surface area contributed by atoms with E-state index >= 15 is 0 Å². The smallest absolute Gasteiger partial charge is 0.412 e. The summed E-state index contributed by atoms with van der Waals surface area (Å²) in [7, 11) is 1.32. The molecule has 0 spiro atoms. The topological polar surface area (TPSA) is 99.2 Å². The second kappa shape index (κ2) is 9.47. The van der Waals surface area contributed by atoms with E-state index in [4.69, 9.17) is 4.99 Å². The van der Waals surface area contributed by atoms with Crippen molar-refractivity contribution >= 4 is 29.7 Å². The number of amides is 2. The molecule has 3 aliphatic heterocycles. The second-order valence-electron chi connectivity index (χ2n) is 8.22. The Balaban J connectivity index is 1.27. The zero-order chi connectivity index (χ0) is 21.8. The Morgan fingerprint density at radius 2 is 2.10 bits per heavy atom. The summed E-state index contributed by atoms with van der Waals surface area (Å²) in [6.07, 6.45) is 7.06. The third-order valence-electron chi connectivity index (χ3n) is 6.19. The van der Waals surface area contributed by atoms with Crippen LogP contribution in [0.1, 0.15) is 19.8 Å². The number of aromatic nitrogens is 1. The van der Waals surface area contributed by atoms with E-state index < -0.39 is 6.09 Å². The number of hydrogen-bond acceptors (Lipinski definition) is 7. The normalized spacial score (nSPS) is 26.0. The van der Waals surface area contributed by atoms with Crippen molar-refractivity contribution in [1.29, 1.82) is 0 Å². The Kier molecular flexibility index (Phi) is 6.50. The number of hydrogen-bond donors (Lipinski definition) is 2. The van der Waals surface area contributed by atoms with Crippen LogP contribution < -0.4 is 15.5 Å². The van der Waals surface area contributed by atoms with E-state index in [2.05, 4.69) is 36.4 Å². The molecule has 1 aromatic heterocycles. The second-order valence-corrected chi connectivity index (χ2v) is 8.22. The molecule has 0 saturated carbocycles. The van der Waals surface area contributed by atoms with Crippen molar-refractivity contribution in [2.45, 2.75) is 31.8 Å². The summed E-state index contributed by atoms with van der Waals surface area (Å²) in [4.78, 5) is 37.2. The lowest BCUT2D eigenvalue weighted by atomic mass is 9.88. The summed E-state index contributed by atoms with van der Waals surface area (Å²) in [5.41, 5.74) is 1.89. The molecule has 0 radical (unpaired) electrons. The fourth-order valence-electron chi connectivity index (χ4n) is 4.42. The van der Waals surface area contributed by atoms with Crippen LogP contribution in [0.15, 0.2) is 35.0 Å². The van der Waals surface area contributed by atoms with Crippen LogP contribution in [0.25, 0.3) is 0 Å². The zero-order valence-electron chi connectivity index (χ0n) is 18.1. The first-order chi connectivity index (χ1) is 15.1.